The van der Waals surface area contributed by atoms with E-state index in [1.165, 1.54) is 17.5 Å². The molecule has 0 aliphatic rings. The predicted molar refractivity (Wildman–Crippen MR) is 65.8 cm³/mol. The lowest BCUT2D eigenvalue weighted by atomic mass is 9.98. The lowest BCUT2D eigenvalue weighted by Crippen LogP contribution is -2.09. The summed E-state index contributed by atoms with van der Waals surface area (Å²) in [6.07, 6.45) is 1.21. The van der Waals surface area contributed by atoms with E-state index in [0.29, 0.717) is 5.92 Å². The monoisotopic (exact) mass is 255 g/mol. The Kier molecular flexibility index (Phi) is 5.20. The van der Waals surface area contributed by atoms with Crippen LogP contribution in [0.4, 0.5) is 0 Å². The average molecular weight is 256 g/mol. The van der Waals surface area contributed by atoms with Gasteiger partial charge in [0.2, 0.25) is 0 Å². The molecule has 1 unspecified atom stereocenters. The molecule has 0 aromatic heterocycles. The van der Waals surface area contributed by atoms with Crippen LogP contribution in [0.25, 0.3) is 0 Å². The van der Waals surface area contributed by atoms with Crippen LogP contribution in [0, 0.1) is 0 Å². The molecule has 0 saturated heterocycles. The fourth-order valence-corrected chi connectivity index (χ4v) is 1.59. The van der Waals surface area contributed by atoms with Crippen LogP contribution in [0.5, 0.6) is 0 Å². The molecule has 1 nitrogen and oxygen atoms in total. The van der Waals surface area contributed by atoms with E-state index in [4.69, 9.17) is 0 Å². The molecule has 1 atom stereocenters. The highest BCUT2D eigenvalue weighted by molar-refractivity contribution is 9.09. The molecule has 1 aromatic rings. The number of hydrogen-bond donors (Lipinski definition) is 1. The summed E-state index contributed by atoms with van der Waals surface area (Å²) in [5.41, 5.74) is 3.63. The molecule has 14 heavy (non-hydrogen) atoms. The Balaban J connectivity index is 2.59. The molecule has 0 bridgehead atoms. The summed E-state index contributed by atoms with van der Waals surface area (Å²) in [5, 5.41) is 3.24. The lowest BCUT2D eigenvalue weighted by Gasteiger charge is -2.09. The number of alkyl halides is 1. The molecule has 0 radical (unpaired) electrons. The molecule has 1 N–H and O–H groups in total. The van der Waals surface area contributed by atoms with Crippen molar-refractivity contribution >= 4 is 15.9 Å². The second-order valence-electron chi connectivity index (χ2n) is 3.61. The van der Waals surface area contributed by atoms with E-state index in [1.54, 1.807) is 0 Å². The predicted octanol–water partition coefficient (Wildman–Crippen LogP) is 3.64. The van der Waals surface area contributed by atoms with Crippen LogP contribution in [0.3, 0.4) is 0 Å². The molecule has 0 amide bonds. The zero-order valence-corrected chi connectivity index (χ0v) is 10.5. The molecule has 0 aliphatic heterocycles. The Morgan fingerprint density at radius 1 is 1.29 bits per heavy atom. The summed E-state index contributed by atoms with van der Waals surface area (Å²) in [6.45, 7) is 5.43. The Morgan fingerprint density at radius 3 is 2.43 bits per heavy atom. The van der Waals surface area contributed by atoms with E-state index in [9.17, 15) is 0 Å². The van der Waals surface area contributed by atoms with E-state index in [0.717, 1.165) is 12.0 Å². The number of halogens is 1. The summed E-state index contributed by atoms with van der Waals surface area (Å²) < 4.78 is 0. The van der Waals surface area contributed by atoms with Gasteiger partial charge in [0.25, 0.3) is 0 Å². The molecule has 2 heteroatoms. The van der Waals surface area contributed by atoms with Gasteiger partial charge in [-0.3, -0.25) is 0 Å². The van der Waals surface area contributed by atoms with Crippen LogP contribution in [0.1, 0.15) is 37.3 Å². The highest BCUT2D eigenvalue weighted by Gasteiger charge is 2.01. The van der Waals surface area contributed by atoms with E-state index in [-0.39, 0.29) is 0 Å². The van der Waals surface area contributed by atoms with Gasteiger partial charge in [-0.2, -0.15) is 0 Å². The van der Waals surface area contributed by atoms with E-state index < -0.39 is 0 Å². The highest BCUT2D eigenvalue weighted by Crippen LogP contribution is 2.18. The number of nitrogens with one attached hydrogen (secondary N) is 1. The van der Waals surface area contributed by atoms with Gasteiger partial charge >= 0.3 is 0 Å². The van der Waals surface area contributed by atoms with Gasteiger partial charge in [0.05, 0.1) is 5.45 Å². The first-order valence-electron chi connectivity index (χ1n) is 5.13. The number of hydrogen-bond acceptors (Lipinski definition) is 1. The van der Waals surface area contributed by atoms with Gasteiger partial charge in [-0.15, -0.1) is 0 Å². The number of rotatable bonds is 5. The summed E-state index contributed by atoms with van der Waals surface area (Å²) in [6, 6.07) is 8.88. The topological polar surface area (TPSA) is 12.0 Å². The first-order chi connectivity index (χ1) is 6.77. The second-order valence-corrected chi connectivity index (χ2v) is 4.17. The minimum atomic E-state index is 0.674. The van der Waals surface area contributed by atoms with Gasteiger partial charge in [0.15, 0.2) is 0 Å². The van der Waals surface area contributed by atoms with Crippen LogP contribution < -0.4 is 5.32 Å². The third kappa shape index (κ3) is 3.43. The Hall–Kier alpha value is -0.340. The first-order valence-corrected chi connectivity index (χ1v) is 6.25. The zero-order chi connectivity index (χ0) is 10.4. The fourth-order valence-electron chi connectivity index (χ4n) is 1.39. The average Bonchev–Trinajstić information content (AvgIpc) is 2.26. The van der Waals surface area contributed by atoms with Crippen LogP contribution >= 0.6 is 15.9 Å². The lowest BCUT2D eigenvalue weighted by molar-refractivity contribution is 0.731. The summed E-state index contributed by atoms with van der Waals surface area (Å²) in [4.78, 5) is 0. The second kappa shape index (κ2) is 6.20. The van der Waals surface area contributed by atoms with Crippen molar-refractivity contribution in [3.8, 4) is 0 Å². The molecule has 0 aliphatic carbocycles. The van der Waals surface area contributed by atoms with E-state index in [2.05, 4.69) is 59.4 Å². The molecular formula is C12H18BrN. The fraction of sp³-hybridized carbons (Fsp3) is 0.500. The summed E-state index contributed by atoms with van der Waals surface area (Å²) in [7, 11) is 0. The number of benzene rings is 1. The van der Waals surface area contributed by atoms with Crippen LogP contribution in [-0.4, -0.2) is 5.45 Å². The van der Waals surface area contributed by atoms with Gasteiger partial charge in [0.1, 0.15) is 0 Å². The van der Waals surface area contributed by atoms with Gasteiger partial charge in [0, 0.05) is 6.54 Å². The van der Waals surface area contributed by atoms with Gasteiger partial charge in [-0.25, -0.2) is 0 Å². The van der Waals surface area contributed by atoms with E-state index in [1.807, 2.05) is 0 Å². The Bertz CT molecular complexity index is 256. The van der Waals surface area contributed by atoms with Gasteiger partial charge in [-0.05, 0) is 23.5 Å². The maximum absolute atomic E-state index is 3.34. The van der Waals surface area contributed by atoms with Gasteiger partial charge in [-0.1, -0.05) is 54.0 Å². The van der Waals surface area contributed by atoms with Crippen molar-refractivity contribution in [2.75, 3.05) is 5.45 Å². The minimum absolute atomic E-state index is 0.674. The van der Waals surface area contributed by atoms with Crippen LogP contribution in [0.15, 0.2) is 24.3 Å². The molecule has 1 aromatic carbocycles. The molecule has 0 heterocycles. The highest BCUT2D eigenvalue weighted by atomic mass is 79.9. The van der Waals surface area contributed by atoms with Crippen LogP contribution in [0.2, 0.25) is 0 Å². The Morgan fingerprint density at radius 2 is 1.93 bits per heavy atom. The minimum Gasteiger partial charge on any atom is -0.303 e. The van der Waals surface area contributed by atoms with Crippen molar-refractivity contribution in [3.05, 3.63) is 35.4 Å². The summed E-state index contributed by atoms with van der Waals surface area (Å²) in [5.74, 6) is 0.674. The SMILES string of the molecule is CCC(C)c1ccc(CNCBr)cc1. The maximum atomic E-state index is 3.34. The standard InChI is InChI=1S/C12H18BrN/c1-3-10(2)12-6-4-11(5-7-12)8-14-9-13/h4-7,10,14H,3,8-9H2,1-2H3. The molecule has 0 fully saturated rings. The van der Waals surface area contributed by atoms with Crippen molar-refractivity contribution in [2.24, 2.45) is 0 Å². The molecule has 78 valence electrons. The van der Waals surface area contributed by atoms with Crippen molar-refractivity contribution in [1.82, 2.24) is 5.32 Å². The van der Waals surface area contributed by atoms with Crippen molar-refractivity contribution in [3.63, 3.8) is 0 Å². The van der Waals surface area contributed by atoms with E-state index >= 15 is 0 Å². The van der Waals surface area contributed by atoms with Gasteiger partial charge < -0.3 is 5.32 Å². The van der Waals surface area contributed by atoms with Crippen molar-refractivity contribution in [2.45, 2.75) is 32.7 Å². The third-order valence-electron chi connectivity index (χ3n) is 2.58. The van der Waals surface area contributed by atoms with Crippen molar-refractivity contribution < 1.29 is 0 Å². The smallest absolute Gasteiger partial charge is 0.0519 e. The quantitative estimate of drug-likeness (QED) is 0.626. The largest absolute Gasteiger partial charge is 0.303 e. The van der Waals surface area contributed by atoms with Crippen molar-refractivity contribution in [1.29, 1.82) is 0 Å². The normalized spacial score (nSPS) is 12.8. The third-order valence-corrected chi connectivity index (χ3v) is 2.98. The zero-order valence-electron chi connectivity index (χ0n) is 8.89. The molecule has 0 saturated carbocycles. The molecule has 1 rings (SSSR count). The Labute approximate surface area is 95.0 Å². The van der Waals surface area contributed by atoms with Crippen LogP contribution in [-0.2, 0) is 6.54 Å². The summed E-state index contributed by atoms with van der Waals surface area (Å²) >= 11 is 3.34. The molecular weight excluding hydrogens is 238 g/mol. The maximum Gasteiger partial charge on any atom is 0.0519 e. The first kappa shape index (κ1) is 11.7. The molecule has 0 spiro atoms.